The van der Waals surface area contributed by atoms with E-state index in [4.69, 9.17) is 4.74 Å². The van der Waals surface area contributed by atoms with E-state index in [1.807, 2.05) is 30.3 Å². The lowest BCUT2D eigenvalue weighted by Crippen LogP contribution is -2.08. The van der Waals surface area contributed by atoms with Crippen LogP contribution in [0.5, 0.6) is 5.75 Å². The Hall–Kier alpha value is -2.16. The predicted octanol–water partition coefficient (Wildman–Crippen LogP) is 3.77. The molecule has 3 heteroatoms. The van der Waals surface area contributed by atoms with Gasteiger partial charge in [0.05, 0.1) is 12.6 Å². The Morgan fingerprint density at radius 2 is 2.05 bits per heavy atom. The summed E-state index contributed by atoms with van der Waals surface area (Å²) >= 11 is 0. The molecular weight excluding hydrogens is 250 g/mol. The number of Topliss-reactive ketones (excluding diaryl/α,β-unsaturated/α-hetero) is 1. The first kappa shape index (κ1) is 12.9. The molecule has 0 spiro atoms. The molecular formula is C17H17NO2. The first-order valence-corrected chi connectivity index (χ1v) is 6.94. The van der Waals surface area contributed by atoms with E-state index in [1.54, 1.807) is 13.3 Å². The molecule has 1 saturated carbocycles. The minimum atomic E-state index is 0.282. The molecule has 0 atom stereocenters. The van der Waals surface area contributed by atoms with Gasteiger partial charge in [0.15, 0.2) is 5.78 Å². The van der Waals surface area contributed by atoms with E-state index in [9.17, 15) is 4.79 Å². The minimum Gasteiger partial charge on any atom is -0.497 e. The fraction of sp³-hybridized carbons (Fsp3) is 0.294. The van der Waals surface area contributed by atoms with Crippen LogP contribution in [0.2, 0.25) is 0 Å². The number of hydrogen-bond acceptors (Lipinski definition) is 3. The first-order chi connectivity index (χ1) is 9.78. The third kappa shape index (κ3) is 2.44. The molecule has 0 bridgehead atoms. The van der Waals surface area contributed by atoms with Gasteiger partial charge in [-0.15, -0.1) is 0 Å². The molecule has 0 amide bonds. The van der Waals surface area contributed by atoms with E-state index < -0.39 is 0 Å². The van der Waals surface area contributed by atoms with Gasteiger partial charge in [-0.2, -0.15) is 0 Å². The monoisotopic (exact) mass is 267 g/mol. The summed E-state index contributed by atoms with van der Waals surface area (Å²) in [6, 6.07) is 7.77. The largest absolute Gasteiger partial charge is 0.497 e. The number of ether oxygens (including phenoxy) is 1. The number of nitrogens with zero attached hydrogens (tertiary/aromatic N) is 1. The van der Waals surface area contributed by atoms with Gasteiger partial charge >= 0.3 is 0 Å². The molecule has 1 aromatic heterocycles. The maximum absolute atomic E-state index is 11.9. The minimum absolute atomic E-state index is 0.282. The van der Waals surface area contributed by atoms with Crippen LogP contribution >= 0.6 is 0 Å². The van der Waals surface area contributed by atoms with Crippen LogP contribution in [0, 0.1) is 0 Å². The third-order valence-electron chi connectivity index (χ3n) is 3.77. The second-order valence-electron chi connectivity index (χ2n) is 5.08. The van der Waals surface area contributed by atoms with E-state index in [0.29, 0.717) is 6.42 Å². The second-order valence-corrected chi connectivity index (χ2v) is 5.08. The van der Waals surface area contributed by atoms with E-state index in [2.05, 4.69) is 4.98 Å². The van der Waals surface area contributed by atoms with E-state index >= 15 is 0 Å². The molecule has 0 aliphatic heterocycles. The fourth-order valence-corrected chi connectivity index (χ4v) is 2.64. The van der Waals surface area contributed by atoms with Crippen LogP contribution in [-0.2, 0) is 4.79 Å². The lowest BCUT2D eigenvalue weighted by molar-refractivity contribution is -0.116. The number of carbonyl (C=O) groups excluding carboxylic acids is 1. The lowest BCUT2D eigenvalue weighted by atomic mass is 9.91. The number of rotatable bonds is 2. The van der Waals surface area contributed by atoms with Gasteiger partial charge < -0.3 is 4.74 Å². The Morgan fingerprint density at radius 3 is 2.85 bits per heavy atom. The Kier molecular flexibility index (Phi) is 3.50. The molecule has 3 rings (SSSR count). The number of ketones is 1. The zero-order valence-electron chi connectivity index (χ0n) is 11.6. The highest BCUT2D eigenvalue weighted by atomic mass is 16.5. The smallest absolute Gasteiger partial charge is 0.158 e. The molecule has 20 heavy (non-hydrogen) atoms. The summed E-state index contributed by atoms with van der Waals surface area (Å²) in [5.74, 6) is 1.09. The molecule has 2 aromatic rings. The average Bonchev–Trinajstić information content (AvgIpc) is 2.49. The maximum Gasteiger partial charge on any atom is 0.158 e. The molecule has 1 aliphatic rings. The number of hydrogen-bond donors (Lipinski definition) is 0. The Morgan fingerprint density at radius 1 is 1.20 bits per heavy atom. The predicted molar refractivity (Wildman–Crippen MR) is 79.7 cm³/mol. The fourth-order valence-electron chi connectivity index (χ4n) is 2.64. The van der Waals surface area contributed by atoms with Gasteiger partial charge in [-0.3, -0.25) is 9.78 Å². The van der Waals surface area contributed by atoms with Gasteiger partial charge in [0.25, 0.3) is 0 Å². The summed E-state index contributed by atoms with van der Waals surface area (Å²) in [5, 5.41) is 1.03. The van der Waals surface area contributed by atoms with Crippen molar-refractivity contribution in [2.45, 2.75) is 25.7 Å². The lowest BCUT2D eigenvalue weighted by Gasteiger charge is -2.13. The molecule has 0 saturated heterocycles. The first-order valence-electron chi connectivity index (χ1n) is 6.94. The number of pyridine rings is 1. The highest BCUT2D eigenvalue weighted by Crippen LogP contribution is 2.27. The molecule has 1 aliphatic carbocycles. The summed E-state index contributed by atoms with van der Waals surface area (Å²) in [6.45, 7) is 0. The quantitative estimate of drug-likeness (QED) is 0.777. The van der Waals surface area contributed by atoms with Crippen molar-refractivity contribution in [1.82, 2.24) is 4.98 Å². The molecule has 3 nitrogen and oxygen atoms in total. The highest BCUT2D eigenvalue weighted by Gasteiger charge is 2.15. The SMILES string of the molecule is COc1ccc2nccc(/C=C3\CCCCC3=O)c2c1. The van der Waals surface area contributed by atoms with E-state index in [-0.39, 0.29) is 5.78 Å². The summed E-state index contributed by atoms with van der Waals surface area (Å²) < 4.78 is 5.27. The van der Waals surface area contributed by atoms with Crippen molar-refractivity contribution < 1.29 is 9.53 Å². The molecule has 1 fully saturated rings. The second kappa shape index (κ2) is 5.45. The van der Waals surface area contributed by atoms with Crippen molar-refractivity contribution in [2.75, 3.05) is 7.11 Å². The number of aromatic nitrogens is 1. The van der Waals surface area contributed by atoms with Crippen LogP contribution < -0.4 is 4.74 Å². The van der Waals surface area contributed by atoms with Crippen molar-refractivity contribution in [3.63, 3.8) is 0 Å². The summed E-state index contributed by atoms with van der Waals surface area (Å²) in [7, 11) is 1.65. The number of allylic oxidation sites excluding steroid dienone is 1. The standard InChI is InChI=1S/C17H17NO2/c1-20-14-6-7-16-15(11-14)12(8-9-18-16)10-13-4-2-3-5-17(13)19/h6-11H,2-5H2,1H3/b13-10+. The van der Waals surface area contributed by atoms with Crippen LogP contribution in [0.25, 0.3) is 17.0 Å². The van der Waals surface area contributed by atoms with Crippen LogP contribution in [0.15, 0.2) is 36.0 Å². The topological polar surface area (TPSA) is 39.2 Å². The van der Waals surface area contributed by atoms with Gasteiger partial charge in [-0.1, -0.05) is 0 Å². The summed E-state index contributed by atoms with van der Waals surface area (Å²) in [5.41, 5.74) is 2.90. The van der Waals surface area contributed by atoms with Gasteiger partial charge in [0, 0.05) is 18.0 Å². The van der Waals surface area contributed by atoms with E-state index in [0.717, 1.165) is 47.1 Å². The normalized spacial score (nSPS) is 17.6. The average molecular weight is 267 g/mol. The van der Waals surface area contributed by atoms with Gasteiger partial charge in [0.1, 0.15) is 5.75 Å². The van der Waals surface area contributed by atoms with Crippen molar-refractivity contribution in [3.05, 3.63) is 41.6 Å². The molecule has 1 aromatic carbocycles. The summed E-state index contributed by atoms with van der Waals surface area (Å²) in [6.07, 6.45) is 7.48. The zero-order chi connectivity index (χ0) is 13.9. The Bertz CT molecular complexity index is 688. The van der Waals surface area contributed by atoms with Gasteiger partial charge in [-0.05, 0) is 60.7 Å². The zero-order valence-corrected chi connectivity index (χ0v) is 11.6. The van der Waals surface area contributed by atoms with Gasteiger partial charge in [-0.25, -0.2) is 0 Å². The summed E-state index contributed by atoms with van der Waals surface area (Å²) in [4.78, 5) is 16.3. The van der Waals surface area contributed by atoms with E-state index in [1.165, 1.54) is 0 Å². The van der Waals surface area contributed by atoms with Crippen molar-refractivity contribution >= 4 is 22.8 Å². The molecule has 0 N–H and O–H groups in total. The molecule has 0 radical (unpaired) electrons. The third-order valence-corrected chi connectivity index (χ3v) is 3.77. The molecule has 1 heterocycles. The Balaban J connectivity index is 2.10. The maximum atomic E-state index is 11.9. The van der Waals surface area contributed by atoms with Crippen LogP contribution in [-0.4, -0.2) is 17.9 Å². The Labute approximate surface area is 118 Å². The highest BCUT2D eigenvalue weighted by molar-refractivity contribution is 6.02. The van der Waals surface area contributed by atoms with Crippen molar-refractivity contribution in [1.29, 1.82) is 0 Å². The number of carbonyl (C=O) groups is 1. The van der Waals surface area contributed by atoms with Gasteiger partial charge in [0.2, 0.25) is 0 Å². The number of fused-ring (bicyclic) bond motifs is 1. The number of methoxy groups -OCH3 is 1. The molecule has 102 valence electrons. The van der Waals surface area contributed by atoms with Crippen LogP contribution in [0.1, 0.15) is 31.2 Å². The molecule has 0 unspecified atom stereocenters. The van der Waals surface area contributed by atoms with Crippen molar-refractivity contribution in [3.8, 4) is 5.75 Å². The van der Waals surface area contributed by atoms with Crippen molar-refractivity contribution in [2.24, 2.45) is 0 Å². The van der Waals surface area contributed by atoms with Crippen LogP contribution in [0.3, 0.4) is 0 Å². The number of benzene rings is 1. The van der Waals surface area contributed by atoms with Crippen LogP contribution in [0.4, 0.5) is 0 Å².